The van der Waals surface area contributed by atoms with Gasteiger partial charge < -0.3 is 0 Å². The number of hydrazine groups is 1. The van der Waals surface area contributed by atoms with Crippen LogP contribution in [0.3, 0.4) is 0 Å². The number of nitrogens with zero attached hydrogens (tertiary/aromatic N) is 1. The van der Waals surface area contributed by atoms with Gasteiger partial charge in [0.25, 0.3) is 10.0 Å². The molecule has 82 valence electrons. The van der Waals surface area contributed by atoms with E-state index in [-0.39, 0.29) is 4.90 Å². The summed E-state index contributed by atoms with van der Waals surface area (Å²) in [6.45, 7) is 0. The molecule has 0 aromatic heterocycles. The zero-order chi connectivity index (χ0) is 11.9. The van der Waals surface area contributed by atoms with Crippen LogP contribution in [0.4, 0.5) is 0 Å². The number of nitrogens with one attached hydrogen (secondary N) is 1. The van der Waals surface area contributed by atoms with Crippen LogP contribution in [-0.2, 0) is 14.8 Å². The van der Waals surface area contributed by atoms with E-state index in [9.17, 15) is 8.42 Å². The van der Waals surface area contributed by atoms with Crippen molar-refractivity contribution in [2.45, 2.75) is 4.90 Å². The standard InChI is InChI=1S/C7H10N2O2S.CHNO/c1-9(8)12(10,11)7-5-3-2-4-6-7;2-1-3/h2-6H,8H2,1H3;2H. The van der Waals surface area contributed by atoms with Crippen molar-refractivity contribution >= 4 is 16.1 Å². The molecule has 0 heterocycles. The van der Waals surface area contributed by atoms with Crippen LogP contribution in [0, 0.1) is 5.41 Å². The Bertz CT molecular complexity index is 422. The summed E-state index contributed by atoms with van der Waals surface area (Å²) >= 11 is 0. The molecule has 0 aliphatic heterocycles. The number of nitrogens with two attached hydrogens (primary N) is 1. The molecule has 0 saturated carbocycles. The SMILES string of the molecule is CN(N)S(=O)(=O)c1ccccc1.N=C=O. The van der Waals surface area contributed by atoms with Gasteiger partial charge in [-0.3, -0.25) is 5.84 Å². The quantitative estimate of drug-likeness (QED) is 0.324. The molecule has 1 aromatic carbocycles. The largest absolute Gasteiger partial charge is 0.255 e. The molecule has 0 unspecified atom stereocenters. The third-order valence-electron chi connectivity index (χ3n) is 1.42. The summed E-state index contributed by atoms with van der Waals surface area (Å²) in [6.07, 6.45) is 0.750. The third kappa shape index (κ3) is 4.01. The van der Waals surface area contributed by atoms with E-state index < -0.39 is 10.0 Å². The Labute approximate surface area is 87.8 Å². The van der Waals surface area contributed by atoms with Crippen molar-refractivity contribution in [3.63, 3.8) is 0 Å². The van der Waals surface area contributed by atoms with Gasteiger partial charge in [-0.25, -0.2) is 18.6 Å². The summed E-state index contributed by atoms with van der Waals surface area (Å²) in [4.78, 5) is 8.55. The van der Waals surface area contributed by atoms with Crippen LogP contribution in [0.2, 0.25) is 0 Å². The molecule has 1 aromatic rings. The van der Waals surface area contributed by atoms with Crippen LogP contribution in [0.25, 0.3) is 0 Å². The van der Waals surface area contributed by atoms with E-state index in [4.69, 9.17) is 16.0 Å². The monoisotopic (exact) mass is 229 g/mol. The molecule has 7 heteroatoms. The number of isocyanates is 1. The molecule has 0 amide bonds. The highest BCUT2D eigenvalue weighted by molar-refractivity contribution is 7.89. The van der Waals surface area contributed by atoms with Crippen LogP contribution < -0.4 is 5.84 Å². The predicted molar refractivity (Wildman–Crippen MR) is 54.0 cm³/mol. The second kappa shape index (κ2) is 6.05. The maximum Gasteiger partial charge on any atom is 0.255 e. The van der Waals surface area contributed by atoms with Gasteiger partial charge in [0.15, 0.2) is 0 Å². The average Bonchev–Trinajstić information content (AvgIpc) is 2.20. The van der Waals surface area contributed by atoms with Crippen molar-refractivity contribution in [2.24, 2.45) is 5.84 Å². The first kappa shape index (κ1) is 13.5. The first-order valence-corrected chi connectivity index (χ1v) is 5.23. The fraction of sp³-hybridized carbons (Fsp3) is 0.125. The van der Waals surface area contributed by atoms with Crippen molar-refractivity contribution in [2.75, 3.05) is 7.05 Å². The summed E-state index contributed by atoms with van der Waals surface area (Å²) in [6, 6.07) is 8.04. The van der Waals surface area contributed by atoms with Crippen LogP contribution in [0.5, 0.6) is 0 Å². The van der Waals surface area contributed by atoms with Gasteiger partial charge in [0.2, 0.25) is 6.08 Å². The minimum Gasteiger partial charge on any atom is -0.255 e. The van der Waals surface area contributed by atoms with Gasteiger partial charge >= 0.3 is 0 Å². The number of hydrogen-bond donors (Lipinski definition) is 2. The molecule has 6 nitrogen and oxygen atoms in total. The number of sulfonamides is 1. The minimum absolute atomic E-state index is 0.204. The van der Waals surface area contributed by atoms with E-state index in [0.29, 0.717) is 4.41 Å². The lowest BCUT2D eigenvalue weighted by molar-refractivity contribution is 0.486. The highest BCUT2D eigenvalue weighted by Crippen LogP contribution is 2.09. The van der Waals surface area contributed by atoms with E-state index in [1.807, 2.05) is 0 Å². The van der Waals surface area contributed by atoms with Gasteiger partial charge in [0.05, 0.1) is 4.90 Å². The van der Waals surface area contributed by atoms with Crippen molar-refractivity contribution in [3.8, 4) is 0 Å². The Morgan fingerprint density at radius 2 is 1.73 bits per heavy atom. The summed E-state index contributed by atoms with van der Waals surface area (Å²) in [5.41, 5.74) is 0. The molecular formula is C8H11N3O3S. The van der Waals surface area contributed by atoms with Gasteiger partial charge in [-0.1, -0.05) is 18.2 Å². The lowest BCUT2D eigenvalue weighted by atomic mass is 10.4. The summed E-state index contributed by atoms with van der Waals surface area (Å²) in [5.74, 6) is 5.15. The van der Waals surface area contributed by atoms with Gasteiger partial charge in [0, 0.05) is 7.05 Å². The predicted octanol–water partition coefficient (Wildman–Crippen LogP) is 0.0818. The molecule has 3 N–H and O–H groups in total. The van der Waals surface area contributed by atoms with Crippen molar-refractivity contribution in [1.29, 1.82) is 5.41 Å². The molecule has 0 spiro atoms. The Balaban J connectivity index is 0.000000583. The lowest BCUT2D eigenvalue weighted by Gasteiger charge is -2.09. The summed E-state index contributed by atoms with van der Waals surface area (Å²) in [7, 11) is -2.17. The number of rotatable bonds is 2. The van der Waals surface area contributed by atoms with Gasteiger partial charge in [-0.05, 0) is 12.1 Å². The van der Waals surface area contributed by atoms with Crippen LogP contribution in [0.1, 0.15) is 0 Å². The topological polar surface area (TPSA) is 104 Å². The van der Waals surface area contributed by atoms with E-state index in [1.165, 1.54) is 19.2 Å². The number of carbonyl (C=O) groups excluding carboxylic acids is 1. The zero-order valence-corrected chi connectivity index (χ0v) is 8.86. The van der Waals surface area contributed by atoms with Crippen molar-refractivity contribution in [3.05, 3.63) is 30.3 Å². The maximum absolute atomic E-state index is 11.3. The molecule has 1 rings (SSSR count). The van der Waals surface area contributed by atoms with E-state index in [0.717, 1.165) is 6.08 Å². The Kier molecular flexibility index (Phi) is 5.43. The minimum atomic E-state index is -3.47. The molecule has 0 fully saturated rings. The first-order chi connectivity index (χ1) is 6.96. The van der Waals surface area contributed by atoms with E-state index in [1.54, 1.807) is 18.2 Å². The van der Waals surface area contributed by atoms with E-state index in [2.05, 4.69) is 0 Å². The molecule has 0 saturated heterocycles. The number of hydrogen-bond acceptors (Lipinski definition) is 5. The lowest BCUT2D eigenvalue weighted by Crippen LogP contribution is -2.33. The molecular weight excluding hydrogens is 218 g/mol. The van der Waals surface area contributed by atoms with Crippen molar-refractivity contribution < 1.29 is 13.2 Å². The molecule has 0 radical (unpaired) electrons. The normalized spacial score (nSPS) is 10.1. The van der Waals surface area contributed by atoms with Gasteiger partial charge in [0.1, 0.15) is 0 Å². The highest BCUT2D eigenvalue weighted by Gasteiger charge is 2.16. The molecule has 15 heavy (non-hydrogen) atoms. The fourth-order valence-corrected chi connectivity index (χ4v) is 1.59. The van der Waals surface area contributed by atoms with Crippen LogP contribution in [0.15, 0.2) is 35.2 Å². The fourth-order valence-electron chi connectivity index (χ4n) is 0.759. The second-order valence-electron chi connectivity index (χ2n) is 2.44. The summed E-state index contributed by atoms with van der Waals surface area (Å²) < 4.78 is 23.4. The molecule has 0 bridgehead atoms. The Hall–Kier alpha value is -1.53. The average molecular weight is 229 g/mol. The summed E-state index contributed by atoms with van der Waals surface area (Å²) in [5, 5.41) is 5.40. The third-order valence-corrected chi connectivity index (χ3v) is 3.05. The maximum atomic E-state index is 11.3. The van der Waals surface area contributed by atoms with Gasteiger partial charge in [-0.15, -0.1) is 4.41 Å². The number of benzene rings is 1. The smallest absolute Gasteiger partial charge is 0.255 e. The van der Waals surface area contributed by atoms with Gasteiger partial charge in [-0.2, -0.15) is 0 Å². The molecule has 0 aliphatic carbocycles. The Morgan fingerprint density at radius 1 is 1.33 bits per heavy atom. The second-order valence-corrected chi connectivity index (χ2v) is 4.43. The zero-order valence-electron chi connectivity index (χ0n) is 8.04. The van der Waals surface area contributed by atoms with Crippen LogP contribution >= 0.6 is 0 Å². The van der Waals surface area contributed by atoms with E-state index >= 15 is 0 Å². The Morgan fingerprint density at radius 3 is 2.07 bits per heavy atom. The van der Waals surface area contributed by atoms with Crippen LogP contribution in [-0.4, -0.2) is 26.0 Å². The molecule has 0 atom stereocenters. The first-order valence-electron chi connectivity index (χ1n) is 3.79. The highest BCUT2D eigenvalue weighted by atomic mass is 32.2. The van der Waals surface area contributed by atoms with Crippen molar-refractivity contribution in [1.82, 2.24) is 4.41 Å². The molecule has 0 aliphatic rings.